The van der Waals surface area contributed by atoms with E-state index in [0.717, 1.165) is 5.92 Å². The summed E-state index contributed by atoms with van der Waals surface area (Å²) in [5, 5.41) is 9.23. The van der Waals surface area contributed by atoms with Gasteiger partial charge in [-0.3, -0.25) is 0 Å². The topological polar surface area (TPSA) is 55.5 Å². The van der Waals surface area contributed by atoms with Crippen LogP contribution >= 0.6 is 0 Å². The summed E-state index contributed by atoms with van der Waals surface area (Å²) in [4.78, 5) is 0. The first kappa shape index (κ1) is 12.0. The highest BCUT2D eigenvalue weighted by molar-refractivity contribution is 4.70. The Bertz CT molecular complexity index is 152. The molecule has 14 heavy (non-hydrogen) atoms. The Morgan fingerprint density at radius 1 is 1.50 bits per heavy atom. The maximum absolute atomic E-state index is 9.23. The minimum atomic E-state index is -0.393. The van der Waals surface area contributed by atoms with Crippen LogP contribution in [0, 0.1) is 5.92 Å². The van der Waals surface area contributed by atoms with Crippen molar-refractivity contribution >= 4 is 0 Å². The van der Waals surface area contributed by atoms with Crippen molar-refractivity contribution < 1.29 is 9.84 Å². The number of ether oxygens (including phenoxy) is 1. The van der Waals surface area contributed by atoms with E-state index in [-0.39, 0.29) is 0 Å². The molecule has 84 valence electrons. The number of nitrogens with two attached hydrogens (primary N) is 1. The second-order valence-electron chi connectivity index (χ2n) is 4.44. The van der Waals surface area contributed by atoms with Gasteiger partial charge in [-0.2, -0.15) is 0 Å². The third-order valence-electron chi connectivity index (χ3n) is 2.96. The van der Waals surface area contributed by atoms with Gasteiger partial charge in [-0.05, 0) is 25.2 Å². The van der Waals surface area contributed by atoms with Crippen LogP contribution < -0.4 is 5.73 Å². The minimum absolute atomic E-state index is 0.338. The average Bonchev–Trinajstić information content (AvgIpc) is 2.17. The molecule has 3 unspecified atom stereocenters. The van der Waals surface area contributed by atoms with E-state index in [1.807, 2.05) is 0 Å². The summed E-state index contributed by atoms with van der Waals surface area (Å²) in [6.07, 6.45) is 5.68. The lowest BCUT2D eigenvalue weighted by atomic mass is 9.89. The van der Waals surface area contributed by atoms with Crippen LogP contribution in [-0.4, -0.2) is 30.5 Å². The van der Waals surface area contributed by atoms with E-state index in [0.29, 0.717) is 25.7 Å². The number of hydrogen-bond donors (Lipinski definition) is 2. The fraction of sp³-hybridized carbons (Fsp3) is 1.00. The minimum Gasteiger partial charge on any atom is -0.392 e. The van der Waals surface area contributed by atoms with Crippen LogP contribution in [-0.2, 0) is 4.74 Å². The number of aliphatic hydroxyl groups excluding tert-OH is 1. The molecule has 0 radical (unpaired) electrons. The van der Waals surface area contributed by atoms with E-state index in [4.69, 9.17) is 10.5 Å². The van der Waals surface area contributed by atoms with Gasteiger partial charge in [0.15, 0.2) is 0 Å². The molecule has 0 aromatic heterocycles. The first-order valence-corrected chi connectivity index (χ1v) is 5.72. The van der Waals surface area contributed by atoms with Gasteiger partial charge < -0.3 is 15.6 Å². The second kappa shape index (κ2) is 6.38. The number of hydrogen-bond acceptors (Lipinski definition) is 3. The molecule has 0 aliphatic heterocycles. The fourth-order valence-electron chi connectivity index (χ4n) is 2.02. The van der Waals surface area contributed by atoms with Crippen LogP contribution in [0.4, 0.5) is 0 Å². The lowest BCUT2D eigenvalue weighted by Crippen LogP contribution is -2.25. The van der Waals surface area contributed by atoms with Crippen LogP contribution in [0.15, 0.2) is 0 Å². The summed E-state index contributed by atoms with van der Waals surface area (Å²) in [7, 11) is 0. The van der Waals surface area contributed by atoms with Gasteiger partial charge in [-0.25, -0.2) is 0 Å². The number of aliphatic hydroxyl groups is 1. The largest absolute Gasteiger partial charge is 0.392 e. The highest BCUT2D eigenvalue weighted by Gasteiger charge is 2.19. The molecule has 0 aromatic carbocycles. The highest BCUT2D eigenvalue weighted by Crippen LogP contribution is 2.25. The number of rotatable bonds is 5. The van der Waals surface area contributed by atoms with Gasteiger partial charge in [0, 0.05) is 13.2 Å². The van der Waals surface area contributed by atoms with Crippen LogP contribution in [0.2, 0.25) is 0 Å². The lowest BCUT2D eigenvalue weighted by Gasteiger charge is -2.27. The van der Waals surface area contributed by atoms with E-state index in [9.17, 15) is 5.11 Å². The molecule has 0 bridgehead atoms. The van der Waals surface area contributed by atoms with Gasteiger partial charge >= 0.3 is 0 Å². The molecule has 0 saturated heterocycles. The monoisotopic (exact) mass is 201 g/mol. The van der Waals surface area contributed by atoms with Crippen LogP contribution in [0.25, 0.3) is 0 Å². The first-order valence-electron chi connectivity index (χ1n) is 5.72. The van der Waals surface area contributed by atoms with Crippen LogP contribution in [0.3, 0.4) is 0 Å². The van der Waals surface area contributed by atoms with Crippen molar-refractivity contribution in [3.63, 3.8) is 0 Å². The molecule has 1 aliphatic carbocycles. The zero-order chi connectivity index (χ0) is 10.4. The van der Waals surface area contributed by atoms with Crippen LogP contribution in [0.5, 0.6) is 0 Å². The van der Waals surface area contributed by atoms with Crippen molar-refractivity contribution in [2.45, 2.75) is 51.2 Å². The van der Waals surface area contributed by atoms with E-state index < -0.39 is 6.10 Å². The molecule has 1 rings (SSSR count). The van der Waals surface area contributed by atoms with Gasteiger partial charge in [0.25, 0.3) is 0 Å². The molecule has 1 fully saturated rings. The van der Waals surface area contributed by atoms with Crippen molar-refractivity contribution in [2.75, 3.05) is 13.2 Å². The predicted octanol–water partition coefficient (Wildman–Crippen LogP) is 1.29. The van der Waals surface area contributed by atoms with E-state index in [1.54, 1.807) is 0 Å². The molecule has 0 aromatic rings. The summed E-state index contributed by atoms with van der Waals surface area (Å²) < 4.78 is 5.71. The van der Waals surface area contributed by atoms with Gasteiger partial charge in [0.2, 0.25) is 0 Å². The first-order chi connectivity index (χ1) is 6.72. The standard InChI is InChI=1S/C11H23NO2/c1-9-3-2-4-11(7-9)14-6-5-10(13)8-12/h9-11,13H,2-8,12H2,1H3. The van der Waals surface area contributed by atoms with Gasteiger partial charge in [-0.1, -0.05) is 19.8 Å². The summed E-state index contributed by atoms with van der Waals surface area (Å²) in [6.45, 7) is 3.27. The molecule has 3 atom stereocenters. The molecule has 3 heteroatoms. The summed E-state index contributed by atoms with van der Waals surface area (Å²) in [5.41, 5.74) is 5.31. The van der Waals surface area contributed by atoms with E-state index in [2.05, 4.69) is 6.92 Å². The quantitative estimate of drug-likeness (QED) is 0.704. The fourth-order valence-corrected chi connectivity index (χ4v) is 2.02. The molecule has 0 amide bonds. The Morgan fingerprint density at radius 2 is 2.29 bits per heavy atom. The van der Waals surface area contributed by atoms with Gasteiger partial charge in [-0.15, -0.1) is 0 Å². The maximum Gasteiger partial charge on any atom is 0.0684 e. The zero-order valence-electron chi connectivity index (χ0n) is 9.11. The lowest BCUT2D eigenvalue weighted by molar-refractivity contribution is 0.000315. The van der Waals surface area contributed by atoms with Crippen molar-refractivity contribution in [1.82, 2.24) is 0 Å². The Hall–Kier alpha value is -0.120. The summed E-state index contributed by atoms with van der Waals surface area (Å²) in [5.74, 6) is 0.799. The van der Waals surface area contributed by atoms with E-state index in [1.165, 1.54) is 25.7 Å². The van der Waals surface area contributed by atoms with Crippen LogP contribution in [0.1, 0.15) is 39.0 Å². The van der Waals surface area contributed by atoms with Gasteiger partial charge in [0.05, 0.1) is 12.2 Å². The molecule has 1 saturated carbocycles. The molecule has 0 spiro atoms. The molecular weight excluding hydrogens is 178 g/mol. The Morgan fingerprint density at radius 3 is 2.93 bits per heavy atom. The molecule has 3 N–H and O–H groups in total. The molecule has 1 aliphatic rings. The third-order valence-corrected chi connectivity index (χ3v) is 2.96. The average molecular weight is 201 g/mol. The molecular formula is C11H23NO2. The maximum atomic E-state index is 9.23. The zero-order valence-corrected chi connectivity index (χ0v) is 9.11. The van der Waals surface area contributed by atoms with Gasteiger partial charge in [0.1, 0.15) is 0 Å². The smallest absolute Gasteiger partial charge is 0.0684 e. The van der Waals surface area contributed by atoms with E-state index >= 15 is 0 Å². The van der Waals surface area contributed by atoms with Crippen molar-refractivity contribution in [2.24, 2.45) is 11.7 Å². The summed E-state index contributed by atoms with van der Waals surface area (Å²) in [6, 6.07) is 0. The molecule has 0 heterocycles. The van der Waals surface area contributed by atoms with Crippen molar-refractivity contribution in [3.05, 3.63) is 0 Å². The molecule has 3 nitrogen and oxygen atoms in total. The second-order valence-corrected chi connectivity index (χ2v) is 4.44. The Labute approximate surface area is 86.6 Å². The Balaban J connectivity index is 2.05. The Kier molecular flexibility index (Phi) is 5.45. The predicted molar refractivity (Wildman–Crippen MR) is 57.1 cm³/mol. The SMILES string of the molecule is CC1CCCC(OCCC(O)CN)C1. The normalized spacial score (nSPS) is 30.2. The summed E-state index contributed by atoms with van der Waals surface area (Å²) >= 11 is 0. The van der Waals surface area contributed by atoms with Crippen molar-refractivity contribution in [1.29, 1.82) is 0 Å². The highest BCUT2D eigenvalue weighted by atomic mass is 16.5. The third kappa shape index (κ3) is 4.40. The van der Waals surface area contributed by atoms with Crippen molar-refractivity contribution in [3.8, 4) is 0 Å².